The van der Waals surface area contributed by atoms with Crippen LogP contribution in [0.15, 0.2) is 17.3 Å². The molecule has 1 atom stereocenters. The maximum absolute atomic E-state index is 12.1. The summed E-state index contributed by atoms with van der Waals surface area (Å²) < 4.78 is 28.3. The van der Waals surface area contributed by atoms with Crippen LogP contribution in [0, 0.1) is 5.92 Å². The predicted octanol–water partition coefficient (Wildman–Crippen LogP) is 1.51. The summed E-state index contributed by atoms with van der Waals surface area (Å²) in [6, 6.07) is -0.0698. The lowest BCUT2D eigenvalue weighted by Crippen LogP contribution is -2.38. The molecule has 1 heterocycles. The van der Waals surface area contributed by atoms with Gasteiger partial charge < -0.3 is 0 Å². The second kappa shape index (κ2) is 5.97. The van der Waals surface area contributed by atoms with E-state index in [2.05, 4.69) is 25.8 Å². The highest BCUT2D eigenvalue weighted by Gasteiger charge is 2.22. The van der Waals surface area contributed by atoms with Crippen molar-refractivity contribution in [2.75, 3.05) is 5.33 Å². The molecule has 0 bridgehead atoms. The maximum atomic E-state index is 12.1. The number of rotatable bonds is 6. The summed E-state index contributed by atoms with van der Waals surface area (Å²) >= 11 is 3.33. The normalized spacial score (nSPS) is 14.2. The van der Waals surface area contributed by atoms with Crippen LogP contribution in [0.4, 0.5) is 0 Å². The number of nitrogens with one attached hydrogen (secondary N) is 1. The Kier molecular flexibility index (Phi) is 5.15. The van der Waals surface area contributed by atoms with Crippen molar-refractivity contribution in [3.63, 3.8) is 0 Å². The lowest BCUT2D eigenvalue weighted by molar-refractivity contribution is 0.440. The minimum absolute atomic E-state index is 0.0698. The van der Waals surface area contributed by atoms with Gasteiger partial charge in [-0.15, -0.1) is 0 Å². The molecule has 1 aromatic rings. The Balaban J connectivity index is 2.84. The van der Waals surface area contributed by atoms with Gasteiger partial charge >= 0.3 is 0 Å². The van der Waals surface area contributed by atoms with Crippen molar-refractivity contribution >= 4 is 26.0 Å². The number of nitrogens with zero attached hydrogens (tertiary/aromatic N) is 2. The number of sulfonamides is 1. The number of hydrogen-bond donors (Lipinski definition) is 1. The van der Waals surface area contributed by atoms with E-state index in [1.165, 1.54) is 17.1 Å². The molecule has 0 amide bonds. The summed E-state index contributed by atoms with van der Waals surface area (Å²) in [7, 11) is -1.77. The first kappa shape index (κ1) is 14.7. The van der Waals surface area contributed by atoms with E-state index in [0.29, 0.717) is 0 Å². The molecule has 0 fully saturated rings. The van der Waals surface area contributed by atoms with Crippen molar-refractivity contribution in [2.24, 2.45) is 13.0 Å². The van der Waals surface area contributed by atoms with E-state index in [1.807, 2.05) is 13.8 Å². The summed E-state index contributed by atoms with van der Waals surface area (Å²) in [6.07, 6.45) is 3.61. The number of alkyl halides is 1. The second-order valence-corrected chi connectivity index (χ2v) is 6.81. The summed E-state index contributed by atoms with van der Waals surface area (Å²) in [4.78, 5) is 0.209. The molecule has 1 aromatic heterocycles. The fourth-order valence-corrected chi connectivity index (χ4v) is 3.35. The zero-order valence-electron chi connectivity index (χ0n) is 10.2. The highest BCUT2D eigenvalue weighted by atomic mass is 79.9. The minimum Gasteiger partial charge on any atom is -0.274 e. The van der Waals surface area contributed by atoms with Crippen molar-refractivity contribution in [1.82, 2.24) is 14.5 Å². The van der Waals surface area contributed by atoms with Crippen LogP contribution >= 0.6 is 15.9 Å². The zero-order chi connectivity index (χ0) is 13.1. The summed E-state index contributed by atoms with van der Waals surface area (Å²) in [5.74, 6) is 0.249. The topological polar surface area (TPSA) is 64.0 Å². The Morgan fingerprint density at radius 3 is 2.59 bits per heavy atom. The Bertz CT molecular complexity index is 456. The standard InChI is InChI=1S/C10H18BrN3O2S/c1-8(2)10(4-5-11)13-17(15,16)9-6-12-14(3)7-9/h6-8,10,13H,4-5H2,1-3H3. The van der Waals surface area contributed by atoms with Crippen molar-refractivity contribution in [3.05, 3.63) is 12.4 Å². The van der Waals surface area contributed by atoms with Gasteiger partial charge in [0, 0.05) is 24.6 Å². The molecule has 1 rings (SSSR count). The van der Waals surface area contributed by atoms with Crippen LogP contribution in [0.2, 0.25) is 0 Å². The van der Waals surface area contributed by atoms with Crippen LogP contribution in [0.5, 0.6) is 0 Å². The fourth-order valence-electron chi connectivity index (χ4n) is 1.45. The van der Waals surface area contributed by atoms with Crippen molar-refractivity contribution < 1.29 is 8.42 Å². The Morgan fingerprint density at radius 2 is 2.18 bits per heavy atom. The van der Waals surface area contributed by atoms with E-state index < -0.39 is 10.0 Å². The maximum Gasteiger partial charge on any atom is 0.243 e. The molecule has 0 saturated carbocycles. The molecule has 17 heavy (non-hydrogen) atoms. The Labute approximate surface area is 111 Å². The third kappa shape index (κ3) is 4.08. The van der Waals surface area contributed by atoms with E-state index >= 15 is 0 Å². The molecular weight excluding hydrogens is 306 g/mol. The molecule has 0 radical (unpaired) electrons. The smallest absolute Gasteiger partial charge is 0.243 e. The average molecular weight is 324 g/mol. The molecule has 1 unspecified atom stereocenters. The van der Waals surface area contributed by atoms with Gasteiger partial charge in [-0.25, -0.2) is 13.1 Å². The minimum atomic E-state index is -3.46. The molecule has 0 aliphatic carbocycles. The molecule has 0 aliphatic rings. The number of halogens is 1. The van der Waals surface area contributed by atoms with Crippen LogP contribution in [-0.2, 0) is 17.1 Å². The largest absolute Gasteiger partial charge is 0.274 e. The predicted molar refractivity (Wildman–Crippen MR) is 70.6 cm³/mol. The number of aromatic nitrogens is 2. The molecule has 98 valence electrons. The first-order valence-electron chi connectivity index (χ1n) is 5.43. The number of hydrogen-bond acceptors (Lipinski definition) is 3. The van der Waals surface area contributed by atoms with Gasteiger partial charge in [-0.2, -0.15) is 5.10 Å². The lowest BCUT2D eigenvalue weighted by atomic mass is 10.0. The fraction of sp³-hybridized carbons (Fsp3) is 0.700. The molecule has 0 spiro atoms. The van der Waals surface area contributed by atoms with E-state index in [4.69, 9.17) is 0 Å². The van der Waals surface area contributed by atoms with Crippen LogP contribution in [0.1, 0.15) is 20.3 Å². The van der Waals surface area contributed by atoms with Gasteiger partial charge in [-0.3, -0.25) is 4.68 Å². The van der Waals surface area contributed by atoms with E-state index in [9.17, 15) is 8.42 Å². The third-order valence-corrected chi connectivity index (χ3v) is 4.43. The average Bonchev–Trinajstić information content (AvgIpc) is 2.64. The Hall–Kier alpha value is -0.400. The quantitative estimate of drug-likeness (QED) is 0.807. The van der Waals surface area contributed by atoms with E-state index in [-0.39, 0.29) is 16.9 Å². The van der Waals surface area contributed by atoms with Gasteiger partial charge in [0.2, 0.25) is 10.0 Å². The van der Waals surface area contributed by atoms with Crippen molar-refractivity contribution in [2.45, 2.75) is 31.2 Å². The second-order valence-electron chi connectivity index (χ2n) is 4.30. The highest BCUT2D eigenvalue weighted by Crippen LogP contribution is 2.13. The van der Waals surface area contributed by atoms with Crippen LogP contribution in [-0.4, -0.2) is 29.6 Å². The first-order chi connectivity index (χ1) is 7.86. The van der Waals surface area contributed by atoms with E-state index in [0.717, 1.165) is 11.8 Å². The van der Waals surface area contributed by atoms with Crippen LogP contribution in [0.25, 0.3) is 0 Å². The first-order valence-corrected chi connectivity index (χ1v) is 8.04. The Morgan fingerprint density at radius 1 is 1.53 bits per heavy atom. The lowest BCUT2D eigenvalue weighted by Gasteiger charge is -2.20. The molecule has 7 heteroatoms. The summed E-state index contributed by atoms with van der Waals surface area (Å²) in [5.41, 5.74) is 0. The van der Waals surface area contributed by atoms with Gasteiger partial charge in [-0.1, -0.05) is 29.8 Å². The third-order valence-electron chi connectivity index (χ3n) is 2.52. The van der Waals surface area contributed by atoms with Gasteiger partial charge in [0.05, 0.1) is 6.20 Å². The monoisotopic (exact) mass is 323 g/mol. The van der Waals surface area contributed by atoms with E-state index in [1.54, 1.807) is 7.05 Å². The SMILES string of the molecule is CC(C)C(CCBr)NS(=O)(=O)c1cnn(C)c1. The number of aryl methyl sites for hydroxylation is 1. The molecule has 1 N–H and O–H groups in total. The summed E-state index contributed by atoms with van der Waals surface area (Å²) in [6.45, 7) is 4.00. The van der Waals surface area contributed by atoms with Crippen molar-refractivity contribution in [1.29, 1.82) is 0 Å². The zero-order valence-corrected chi connectivity index (χ0v) is 12.6. The van der Waals surface area contributed by atoms with Crippen LogP contribution < -0.4 is 4.72 Å². The molecule has 0 aromatic carbocycles. The molecule has 0 saturated heterocycles. The summed E-state index contributed by atoms with van der Waals surface area (Å²) in [5, 5.41) is 4.64. The highest BCUT2D eigenvalue weighted by molar-refractivity contribution is 9.09. The molecule has 5 nitrogen and oxygen atoms in total. The van der Waals surface area contributed by atoms with Gasteiger partial charge in [0.25, 0.3) is 0 Å². The molecule has 0 aliphatic heterocycles. The molecular formula is C10H18BrN3O2S. The van der Waals surface area contributed by atoms with Gasteiger partial charge in [0.1, 0.15) is 4.90 Å². The van der Waals surface area contributed by atoms with Gasteiger partial charge in [-0.05, 0) is 12.3 Å². The van der Waals surface area contributed by atoms with Gasteiger partial charge in [0.15, 0.2) is 0 Å². The van der Waals surface area contributed by atoms with Crippen molar-refractivity contribution in [3.8, 4) is 0 Å². The van der Waals surface area contributed by atoms with Crippen LogP contribution in [0.3, 0.4) is 0 Å².